The van der Waals surface area contributed by atoms with Crippen molar-refractivity contribution in [2.45, 2.75) is 6.61 Å². The van der Waals surface area contributed by atoms with Crippen LogP contribution in [-0.2, 0) is 11.3 Å². The number of hydrogen-bond acceptors (Lipinski definition) is 3. The van der Waals surface area contributed by atoms with Gasteiger partial charge >= 0.3 is 3.98 Å². The van der Waals surface area contributed by atoms with Gasteiger partial charge < -0.3 is 9.84 Å². The zero-order valence-corrected chi connectivity index (χ0v) is 8.32. The molecular weight excluding hydrogens is 271 g/mol. The number of benzene rings is 1. The Morgan fingerprint density at radius 1 is 1.42 bits per heavy atom. The Bertz CT molecular complexity index is 268. The summed E-state index contributed by atoms with van der Waals surface area (Å²) in [6.45, 7) is 0.252. The van der Waals surface area contributed by atoms with Crippen LogP contribution in [0.3, 0.4) is 0 Å². The number of phenols is 1. The molecule has 0 unspecified atom stereocenters. The van der Waals surface area contributed by atoms with Gasteiger partial charge in [-0.15, -0.1) is 0 Å². The Hall–Kier alpha value is -0.780. The summed E-state index contributed by atoms with van der Waals surface area (Å²) in [5.41, 5.74) is 0.859. The lowest BCUT2D eigenvalue weighted by Gasteiger charge is -2.00. The number of halogens is 1. The van der Waals surface area contributed by atoms with Crippen LogP contribution in [0.4, 0.5) is 4.79 Å². The summed E-state index contributed by atoms with van der Waals surface area (Å²) < 4.78 is 4.40. The van der Waals surface area contributed by atoms with Gasteiger partial charge in [0.15, 0.2) is 0 Å². The van der Waals surface area contributed by atoms with Gasteiger partial charge in [0, 0.05) is 0 Å². The Balaban J connectivity index is 2.53. The van der Waals surface area contributed by atoms with E-state index in [0.717, 1.165) is 5.56 Å². The van der Waals surface area contributed by atoms with Crippen LogP contribution in [0.15, 0.2) is 24.3 Å². The highest BCUT2D eigenvalue weighted by atomic mass is 127. The topological polar surface area (TPSA) is 46.5 Å². The molecule has 0 atom stereocenters. The second kappa shape index (κ2) is 4.30. The molecule has 0 aromatic heterocycles. The predicted molar refractivity (Wildman–Crippen MR) is 52.3 cm³/mol. The maximum absolute atomic E-state index is 10.4. The molecule has 4 heteroatoms. The van der Waals surface area contributed by atoms with Crippen molar-refractivity contribution in [1.82, 2.24) is 0 Å². The van der Waals surface area contributed by atoms with Crippen LogP contribution in [0.25, 0.3) is 0 Å². The van der Waals surface area contributed by atoms with E-state index in [9.17, 15) is 4.79 Å². The minimum Gasteiger partial charge on any atom is -0.508 e. The Morgan fingerprint density at radius 3 is 2.50 bits per heavy atom. The minimum atomic E-state index is -0.333. The average molecular weight is 278 g/mol. The highest BCUT2D eigenvalue weighted by Gasteiger charge is 1.96. The maximum Gasteiger partial charge on any atom is 0.367 e. The van der Waals surface area contributed by atoms with Gasteiger partial charge in [0.1, 0.15) is 12.4 Å². The van der Waals surface area contributed by atoms with Gasteiger partial charge in [0.05, 0.1) is 22.6 Å². The van der Waals surface area contributed by atoms with Crippen molar-refractivity contribution in [1.29, 1.82) is 0 Å². The van der Waals surface area contributed by atoms with E-state index >= 15 is 0 Å². The first kappa shape index (κ1) is 9.31. The molecule has 0 amide bonds. The molecule has 0 aliphatic rings. The van der Waals surface area contributed by atoms with Crippen LogP contribution < -0.4 is 0 Å². The van der Waals surface area contributed by atoms with Crippen molar-refractivity contribution in [3.8, 4) is 5.75 Å². The van der Waals surface area contributed by atoms with Gasteiger partial charge in [-0.05, 0) is 17.7 Å². The number of phenolic OH excluding ortho intramolecular Hbond substituents is 1. The van der Waals surface area contributed by atoms with Crippen LogP contribution in [0, 0.1) is 0 Å². The fraction of sp³-hybridized carbons (Fsp3) is 0.125. The molecule has 0 spiro atoms. The largest absolute Gasteiger partial charge is 0.508 e. The zero-order valence-electron chi connectivity index (χ0n) is 6.16. The van der Waals surface area contributed by atoms with Crippen molar-refractivity contribution in [3.05, 3.63) is 29.8 Å². The predicted octanol–water partition coefficient (Wildman–Crippen LogP) is 2.46. The number of carbonyl (C=O) groups excluding carboxylic acids is 1. The van der Waals surface area contributed by atoms with Gasteiger partial charge in [-0.25, -0.2) is 4.79 Å². The summed E-state index contributed by atoms with van der Waals surface area (Å²) in [5, 5.41) is 8.92. The summed E-state index contributed by atoms with van der Waals surface area (Å²) in [6, 6.07) is 6.51. The van der Waals surface area contributed by atoms with E-state index in [0.29, 0.717) is 0 Å². The minimum absolute atomic E-state index is 0.208. The highest BCUT2D eigenvalue weighted by molar-refractivity contribution is 14.1. The van der Waals surface area contributed by atoms with Crippen LogP contribution in [0.1, 0.15) is 5.56 Å². The lowest BCUT2D eigenvalue weighted by molar-refractivity contribution is 0.172. The quantitative estimate of drug-likeness (QED) is 0.667. The number of hydrogen-bond donors (Lipinski definition) is 1. The second-order valence-corrected chi connectivity index (χ2v) is 3.07. The van der Waals surface area contributed by atoms with Crippen LogP contribution in [0.5, 0.6) is 5.75 Å². The summed E-state index contributed by atoms with van der Waals surface area (Å²) >= 11 is 1.57. The lowest BCUT2D eigenvalue weighted by Crippen LogP contribution is -1.93. The molecule has 0 radical (unpaired) electrons. The van der Waals surface area contributed by atoms with E-state index < -0.39 is 0 Å². The number of ether oxygens (including phenoxy) is 1. The standard InChI is InChI=1S/C8H7IO3/c9-8(11)12-5-6-1-3-7(10)4-2-6/h1-4,10H,5H2. The normalized spacial score (nSPS) is 9.42. The second-order valence-electron chi connectivity index (χ2n) is 2.19. The van der Waals surface area contributed by atoms with Crippen molar-refractivity contribution in [3.63, 3.8) is 0 Å². The SMILES string of the molecule is O=C(I)OCc1ccc(O)cc1. The summed E-state index contributed by atoms with van der Waals surface area (Å²) in [4.78, 5) is 10.4. The van der Waals surface area contributed by atoms with E-state index in [-0.39, 0.29) is 16.3 Å². The number of rotatable bonds is 2. The molecule has 1 rings (SSSR count). The van der Waals surface area contributed by atoms with Gasteiger partial charge in [-0.3, -0.25) is 0 Å². The third kappa shape index (κ3) is 3.08. The Morgan fingerprint density at radius 2 is 2.00 bits per heavy atom. The first-order valence-corrected chi connectivity index (χ1v) is 4.36. The molecule has 64 valence electrons. The van der Waals surface area contributed by atoms with Crippen LogP contribution in [0.2, 0.25) is 0 Å². The molecule has 12 heavy (non-hydrogen) atoms. The lowest BCUT2D eigenvalue weighted by atomic mass is 10.2. The first-order valence-electron chi connectivity index (χ1n) is 3.28. The molecular formula is C8H7IO3. The van der Waals surface area contributed by atoms with Crippen molar-refractivity contribution in [2.75, 3.05) is 0 Å². The number of aromatic hydroxyl groups is 1. The molecule has 0 fully saturated rings. The van der Waals surface area contributed by atoms with E-state index in [1.54, 1.807) is 46.9 Å². The summed E-state index contributed by atoms with van der Waals surface area (Å²) in [5.74, 6) is 0.208. The molecule has 3 nitrogen and oxygen atoms in total. The molecule has 1 N–H and O–H groups in total. The van der Waals surface area contributed by atoms with Crippen molar-refractivity contribution in [2.24, 2.45) is 0 Å². The first-order chi connectivity index (χ1) is 5.68. The smallest absolute Gasteiger partial charge is 0.367 e. The molecule has 0 saturated heterocycles. The van der Waals surface area contributed by atoms with E-state index in [4.69, 9.17) is 9.84 Å². The maximum atomic E-state index is 10.4. The van der Waals surface area contributed by atoms with Crippen molar-refractivity contribution < 1.29 is 14.6 Å². The zero-order chi connectivity index (χ0) is 8.97. The summed E-state index contributed by atoms with van der Waals surface area (Å²) in [6.07, 6.45) is 0. The molecule has 1 aromatic carbocycles. The molecule has 0 bridgehead atoms. The average Bonchev–Trinajstić information content (AvgIpc) is 2.03. The molecule has 0 saturated carbocycles. The van der Waals surface area contributed by atoms with Crippen molar-refractivity contribution >= 4 is 26.6 Å². The molecule has 1 aromatic rings. The van der Waals surface area contributed by atoms with Gasteiger partial charge in [0.25, 0.3) is 0 Å². The number of carbonyl (C=O) groups is 1. The Kier molecular flexibility index (Phi) is 3.33. The van der Waals surface area contributed by atoms with E-state index in [1.165, 1.54) is 0 Å². The van der Waals surface area contributed by atoms with Crippen LogP contribution >= 0.6 is 22.6 Å². The van der Waals surface area contributed by atoms with Gasteiger partial charge in [0.2, 0.25) is 0 Å². The van der Waals surface area contributed by atoms with Crippen LogP contribution in [-0.4, -0.2) is 9.08 Å². The van der Waals surface area contributed by atoms with Gasteiger partial charge in [-0.2, -0.15) is 0 Å². The third-order valence-corrected chi connectivity index (χ3v) is 1.60. The van der Waals surface area contributed by atoms with E-state index in [1.807, 2.05) is 0 Å². The fourth-order valence-corrected chi connectivity index (χ4v) is 0.888. The van der Waals surface area contributed by atoms with E-state index in [2.05, 4.69) is 0 Å². The third-order valence-electron chi connectivity index (χ3n) is 1.29. The Labute approximate surface area is 83.5 Å². The highest BCUT2D eigenvalue weighted by Crippen LogP contribution is 2.10. The molecule has 0 aliphatic carbocycles. The monoisotopic (exact) mass is 278 g/mol. The van der Waals surface area contributed by atoms with Gasteiger partial charge in [-0.1, -0.05) is 12.1 Å². The summed E-state index contributed by atoms with van der Waals surface area (Å²) in [7, 11) is 0. The molecule has 0 heterocycles. The molecule has 0 aliphatic heterocycles. The fourth-order valence-electron chi connectivity index (χ4n) is 0.732.